The van der Waals surface area contributed by atoms with Gasteiger partial charge in [-0.25, -0.2) is 0 Å². The summed E-state index contributed by atoms with van der Waals surface area (Å²) in [6.07, 6.45) is 5.51. The van der Waals surface area contributed by atoms with Crippen LogP contribution in [0.15, 0.2) is 34.7 Å². The molecule has 2 bridgehead atoms. The lowest BCUT2D eigenvalue weighted by Gasteiger charge is -2.69. The van der Waals surface area contributed by atoms with Crippen LogP contribution in [0.5, 0.6) is 0 Å². The van der Waals surface area contributed by atoms with E-state index in [0.29, 0.717) is 5.41 Å². The first-order valence-electron chi connectivity index (χ1n) is 6.88. The summed E-state index contributed by atoms with van der Waals surface area (Å²) in [4.78, 5) is 0. The van der Waals surface area contributed by atoms with Crippen LogP contribution in [-0.4, -0.2) is 15.5 Å². The van der Waals surface area contributed by atoms with Crippen molar-refractivity contribution in [2.45, 2.75) is 50.2 Å². The molecule has 0 saturated heterocycles. The molecule has 0 spiro atoms. The summed E-state index contributed by atoms with van der Waals surface area (Å²) in [5.74, 6) is 0. The first kappa shape index (κ1) is 13.2. The summed E-state index contributed by atoms with van der Waals surface area (Å²) in [6.45, 7) is 5.90. The van der Waals surface area contributed by atoms with E-state index in [4.69, 9.17) is 0 Å². The van der Waals surface area contributed by atoms with Crippen molar-refractivity contribution in [3.8, 4) is 0 Å². The number of nitrogens with zero attached hydrogens (tertiary/aromatic N) is 1. The largest absolute Gasteiger partial charge is 0.591 e. The maximum Gasteiger partial charge on any atom is 0.144 e. The molecule has 3 heteroatoms. The van der Waals surface area contributed by atoms with Gasteiger partial charge in [0, 0.05) is 5.41 Å². The Hall–Kier alpha value is -0.800. The van der Waals surface area contributed by atoms with E-state index in [0.717, 1.165) is 0 Å². The van der Waals surface area contributed by atoms with Gasteiger partial charge < -0.3 is 4.55 Å². The highest BCUT2D eigenvalue weighted by molar-refractivity contribution is 7.91. The minimum Gasteiger partial charge on any atom is -0.591 e. The smallest absolute Gasteiger partial charge is 0.144 e. The van der Waals surface area contributed by atoms with Crippen molar-refractivity contribution in [2.24, 2.45) is 9.81 Å². The number of benzene rings is 1. The molecule has 1 atom stereocenters. The lowest BCUT2D eigenvalue weighted by Crippen LogP contribution is -2.65. The van der Waals surface area contributed by atoms with Crippen molar-refractivity contribution in [3.05, 3.63) is 35.9 Å². The van der Waals surface area contributed by atoms with Gasteiger partial charge in [0.25, 0.3) is 0 Å². The summed E-state index contributed by atoms with van der Waals surface area (Å²) in [7, 11) is 0. The first-order chi connectivity index (χ1) is 8.85. The molecule has 0 heterocycles. The fourth-order valence-corrected chi connectivity index (χ4v) is 4.05. The highest BCUT2D eigenvalue weighted by atomic mass is 32.2. The number of hydrogen-bond acceptors (Lipinski definition) is 2. The van der Waals surface area contributed by atoms with Crippen LogP contribution in [0.3, 0.4) is 0 Å². The van der Waals surface area contributed by atoms with Crippen molar-refractivity contribution in [3.63, 3.8) is 0 Å². The van der Waals surface area contributed by atoms with Crippen molar-refractivity contribution >= 4 is 17.6 Å². The number of rotatable bonds is 3. The second kappa shape index (κ2) is 4.10. The van der Waals surface area contributed by atoms with Crippen LogP contribution in [0, 0.1) is 5.41 Å². The fraction of sp³-hybridized carbons (Fsp3) is 0.562. The zero-order valence-corrected chi connectivity index (χ0v) is 12.7. The van der Waals surface area contributed by atoms with Gasteiger partial charge in [0.05, 0.1) is 6.21 Å². The maximum atomic E-state index is 11.9. The first-order valence-corrected chi connectivity index (χ1v) is 7.99. The van der Waals surface area contributed by atoms with E-state index >= 15 is 0 Å². The normalized spacial score (nSPS) is 34.7. The van der Waals surface area contributed by atoms with E-state index in [9.17, 15) is 4.55 Å². The Balaban J connectivity index is 1.63. The van der Waals surface area contributed by atoms with E-state index < -0.39 is 11.4 Å². The lowest BCUT2D eigenvalue weighted by atomic mass is 9.34. The van der Waals surface area contributed by atoms with Crippen molar-refractivity contribution in [1.82, 2.24) is 0 Å². The quantitative estimate of drug-likeness (QED) is 0.612. The van der Waals surface area contributed by atoms with Gasteiger partial charge in [0.15, 0.2) is 0 Å². The summed E-state index contributed by atoms with van der Waals surface area (Å²) in [5.41, 5.74) is 2.11. The van der Waals surface area contributed by atoms with Crippen molar-refractivity contribution in [2.75, 3.05) is 0 Å². The lowest BCUT2D eigenvalue weighted by molar-refractivity contribution is -0.0776. The molecule has 3 saturated carbocycles. The topological polar surface area (TPSA) is 35.4 Å². The molecule has 3 aliphatic rings. The number of hydrogen-bond donors (Lipinski definition) is 0. The molecule has 0 amide bonds. The van der Waals surface area contributed by atoms with Crippen LogP contribution in [0.25, 0.3) is 0 Å². The Labute approximate surface area is 118 Å². The molecule has 1 aromatic rings. The Morgan fingerprint density at radius 2 is 1.74 bits per heavy atom. The predicted octanol–water partition coefficient (Wildman–Crippen LogP) is 3.64. The zero-order chi connectivity index (χ0) is 13.7. The van der Waals surface area contributed by atoms with Gasteiger partial charge in [-0.1, -0.05) is 34.7 Å². The van der Waals surface area contributed by atoms with Crippen LogP contribution in [0.1, 0.15) is 45.6 Å². The molecule has 1 aromatic carbocycles. The van der Waals surface area contributed by atoms with Gasteiger partial charge in [-0.3, -0.25) is 0 Å². The third-order valence-electron chi connectivity index (χ3n) is 4.40. The van der Waals surface area contributed by atoms with E-state index in [-0.39, 0.29) is 10.2 Å². The molecule has 0 aliphatic heterocycles. The molecular formula is C16H21NOS. The molecule has 0 radical (unpaired) electrons. The second-order valence-electron chi connectivity index (χ2n) is 7.14. The monoisotopic (exact) mass is 275 g/mol. The second-order valence-corrected chi connectivity index (χ2v) is 9.07. The molecule has 3 fully saturated rings. The molecule has 2 nitrogen and oxygen atoms in total. The molecule has 102 valence electrons. The minimum atomic E-state index is -1.12. The average molecular weight is 275 g/mol. The van der Waals surface area contributed by atoms with Crippen LogP contribution < -0.4 is 0 Å². The van der Waals surface area contributed by atoms with Gasteiger partial charge >= 0.3 is 0 Å². The summed E-state index contributed by atoms with van der Waals surface area (Å²) >= 11 is -1.12. The highest BCUT2D eigenvalue weighted by Gasteiger charge is 2.67. The third kappa shape index (κ3) is 2.13. The van der Waals surface area contributed by atoms with Gasteiger partial charge in [-0.15, -0.1) is 0 Å². The third-order valence-corrected chi connectivity index (χ3v) is 5.75. The SMILES string of the molecule is CC(C)(C)[S+]([O-])N=CC12CC(c3ccccc3)(C1)C2. The van der Waals surface area contributed by atoms with E-state index in [2.05, 4.69) is 34.7 Å². The van der Waals surface area contributed by atoms with Crippen LogP contribution >= 0.6 is 0 Å². The zero-order valence-electron chi connectivity index (χ0n) is 11.8. The van der Waals surface area contributed by atoms with E-state index in [1.165, 1.54) is 24.8 Å². The summed E-state index contributed by atoms with van der Waals surface area (Å²) < 4.78 is 16.0. The highest BCUT2D eigenvalue weighted by Crippen LogP contribution is 2.72. The summed E-state index contributed by atoms with van der Waals surface area (Å²) in [6, 6.07) is 10.8. The van der Waals surface area contributed by atoms with Gasteiger partial charge in [0.2, 0.25) is 0 Å². The minimum absolute atomic E-state index is 0.247. The molecule has 0 N–H and O–H groups in total. The molecular weight excluding hydrogens is 254 g/mol. The summed E-state index contributed by atoms with van der Waals surface area (Å²) in [5, 5.41) is 0. The van der Waals surface area contributed by atoms with E-state index in [1.807, 2.05) is 27.0 Å². The standard InChI is InChI=1S/C16H21NOS/c1-14(2,3)19(18)17-12-15-9-16(10-15,11-15)13-7-5-4-6-8-13/h4-8,12H,9-11H2,1-3H3. The maximum absolute atomic E-state index is 11.9. The van der Waals surface area contributed by atoms with Crippen molar-refractivity contribution in [1.29, 1.82) is 0 Å². The molecule has 1 unspecified atom stereocenters. The average Bonchev–Trinajstić information content (AvgIpc) is 2.25. The van der Waals surface area contributed by atoms with Gasteiger partial charge in [-0.05, 0) is 51.0 Å². The van der Waals surface area contributed by atoms with E-state index in [1.54, 1.807) is 0 Å². The fourth-order valence-electron chi connectivity index (χ4n) is 3.42. The Morgan fingerprint density at radius 1 is 1.16 bits per heavy atom. The van der Waals surface area contributed by atoms with Crippen LogP contribution in [0.4, 0.5) is 0 Å². The van der Waals surface area contributed by atoms with Crippen LogP contribution in [-0.2, 0) is 16.8 Å². The Morgan fingerprint density at radius 3 is 2.26 bits per heavy atom. The molecule has 0 aromatic heterocycles. The van der Waals surface area contributed by atoms with Crippen molar-refractivity contribution < 1.29 is 4.55 Å². The Kier molecular flexibility index (Phi) is 2.84. The molecule has 3 aliphatic carbocycles. The van der Waals surface area contributed by atoms with Gasteiger partial charge in [-0.2, -0.15) is 0 Å². The van der Waals surface area contributed by atoms with Gasteiger partial charge in [0.1, 0.15) is 16.1 Å². The molecule has 19 heavy (non-hydrogen) atoms. The predicted molar refractivity (Wildman–Crippen MR) is 80.8 cm³/mol. The molecule has 4 rings (SSSR count). The Bertz CT molecular complexity index is 483. The van der Waals surface area contributed by atoms with Crippen LogP contribution in [0.2, 0.25) is 0 Å².